The van der Waals surface area contributed by atoms with Crippen molar-refractivity contribution in [2.45, 2.75) is 51.1 Å². The van der Waals surface area contributed by atoms with Gasteiger partial charge in [0.15, 0.2) is 0 Å². The van der Waals surface area contributed by atoms with Crippen LogP contribution in [-0.4, -0.2) is 47.0 Å². The summed E-state index contributed by atoms with van der Waals surface area (Å²) >= 11 is 0. The van der Waals surface area contributed by atoms with Crippen LogP contribution in [0.15, 0.2) is 59.5 Å². The van der Waals surface area contributed by atoms with Crippen molar-refractivity contribution < 1.29 is 9.59 Å². The van der Waals surface area contributed by atoms with E-state index >= 15 is 0 Å². The van der Waals surface area contributed by atoms with Crippen LogP contribution in [0, 0.1) is 5.92 Å². The van der Waals surface area contributed by atoms with Crippen LogP contribution < -0.4 is 16.2 Å². The number of carbonyl (C=O) groups excluding carboxylic acids is 2. The fourth-order valence-electron chi connectivity index (χ4n) is 5.60. The Balaban J connectivity index is 1.43. The highest BCUT2D eigenvalue weighted by atomic mass is 16.2. The third-order valence-electron chi connectivity index (χ3n) is 7.76. The average Bonchev–Trinajstić information content (AvgIpc) is 3.73. The molecule has 2 amide bonds. The maximum atomic E-state index is 14.1. The van der Waals surface area contributed by atoms with Gasteiger partial charge in [0, 0.05) is 51.9 Å². The van der Waals surface area contributed by atoms with E-state index in [0.29, 0.717) is 19.6 Å². The van der Waals surface area contributed by atoms with Crippen LogP contribution in [-0.2, 0) is 29.6 Å². The normalized spacial score (nSPS) is 19.5. The minimum absolute atomic E-state index is 0.0292. The monoisotopic (exact) mass is 500 g/mol. The molecule has 0 spiro atoms. The molecule has 7 heteroatoms. The molecule has 2 fully saturated rings. The predicted molar refractivity (Wildman–Crippen MR) is 145 cm³/mol. The van der Waals surface area contributed by atoms with Crippen molar-refractivity contribution in [3.05, 3.63) is 81.8 Å². The number of rotatable bonds is 8. The first-order valence-corrected chi connectivity index (χ1v) is 13.3. The maximum Gasteiger partial charge on any atom is 0.250 e. The molecule has 5 rings (SSSR count). The van der Waals surface area contributed by atoms with E-state index in [1.165, 1.54) is 6.92 Å². The molecule has 7 nitrogen and oxygen atoms in total. The molecule has 3 aromatic rings. The summed E-state index contributed by atoms with van der Waals surface area (Å²) in [7, 11) is 1.75. The lowest BCUT2D eigenvalue weighted by Crippen LogP contribution is -2.47. The van der Waals surface area contributed by atoms with E-state index in [0.717, 1.165) is 59.7 Å². The van der Waals surface area contributed by atoms with E-state index in [-0.39, 0.29) is 35.3 Å². The number of nitrogens with one attached hydrogen (secondary N) is 2. The molecule has 0 radical (unpaired) electrons. The first kappa shape index (κ1) is 25.2. The quantitative estimate of drug-likeness (QED) is 0.498. The van der Waals surface area contributed by atoms with Crippen molar-refractivity contribution in [2.24, 2.45) is 13.0 Å². The molecule has 2 aliphatic rings. The zero-order valence-electron chi connectivity index (χ0n) is 21.7. The van der Waals surface area contributed by atoms with E-state index < -0.39 is 0 Å². The van der Waals surface area contributed by atoms with Crippen molar-refractivity contribution in [2.75, 3.05) is 19.6 Å². The largest absolute Gasteiger partial charge is 0.356 e. The standard InChI is InChI=1S/C30H36N4O3/c1-20(35)32-13-9-21-15-22-5-3-4-6-26(22)24(16-21)19-34(25-7-8-25)30(37)28-18-31-12-10-27(28)23-11-14-33(2)29(36)17-23/h3-6,11,14-17,25,27-28,31H,7-10,12-13,18-19H2,1-2H3,(H,32,35)/t27-,28?/m1/s1. The zero-order chi connectivity index (χ0) is 25.9. The molecule has 1 saturated heterocycles. The molecule has 2 atom stereocenters. The van der Waals surface area contributed by atoms with Gasteiger partial charge in [-0.15, -0.1) is 0 Å². The van der Waals surface area contributed by atoms with E-state index in [1.54, 1.807) is 23.9 Å². The topological polar surface area (TPSA) is 83.4 Å². The molecular formula is C30H36N4O3. The third kappa shape index (κ3) is 5.77. The van der Waals surface area contributed by atoms with Crippen LogP contribution in [0.5, 0.6) is 0 Å². The van der Waals surface area contributed by atoms with E-state index in [2.05, 4.69) is 39.8 Å². The SMILES string of the molecule is CC(=O)NCCc1cc(CN(C(=O)C2CNCC[C@@H]2c2ccn(C)c(=O)c2)C2CC2)c2ccccc2c1. The minimum atomic E-state index is -0.198. The summed E-state index contributed by atoms with van der Waals surface area (Å²) in [6.45, 7) is 4.15. The molecule has 1 aromatic heterocycles. The number of nitrogens with zero attached hydrogens (tertiary/aromatic N) is 2. The summed E-state index contributed by atoms with van der Waals surface area (Å²) in [5, 5.41) is 8.62. The van der Waals surface area contributed by atoms with Gasteiger partial charge in [0.25, 0.3) is 5.56 Å². The van der Waals surface area contributed by atoms with E-state index in [4.69, 9.17) is 0 Å². The van der Waals surface area contributed by atoms with Gasteiger partial charge < -0.3 is 20.1 Å². The third-order valence-corrected chi connectivity index (χ3v) is 7.76. The summed E-state index contributed by atoms with van der Waals surface area (Å²) in [5.41, 5.74) is 3.22. The van der Waals surface area contributed by atoms with Crippen LogP contribution in [0.2, 0.25) is 0 Å². The summed E-state index contributed by atoms with van der Waals surface area (Å²) in [6.07, 6.45) is 5.44. The number of pyridine rings is 1. The number of aromatic nitrogens is 1. The Morgan fingerprint density at radius 2 is 1.92 bits per heavy atom. The Morgan fingerprint density at radius 3 is 2.68 bits per heavy atom. The van der Waals surface area contributed by atoms with Gasteiger partial charge in [0.05, 0.1) is 5.92 Å². The van der Waals surface area contributed by atoms with E-state index in [1.807, 2.05) is 18.2 Å². The Morgan fingerprint density at radius 1 is 1.11 bits per heavy atom. The molecule has 194 valence electrons. The van der Waals surface area contributed by atoms with Crippen LogP contribution in [0.4, 0.5) is 0 Å². The van der Waals surface area contributed by atoms with Crippen molar-refractivity contribution in [1.29, 1.82) is 0 Å². The van der Waals surface area contributed by atoms with Gasteiger partial charge in [0.1, 0.15) is 0 Å². The summed E-state index contributed by atoms with van der Waals surface area (Å²) in [5.74, 6) is -0.0214. The Labute approximate surface area is 217 Å². The molecule has 1 saturated carbocycles. The van der Waals surface area contributed by atoms with Crippen molar-refractivity contribution >= 4 is 22.6 Å². The zero-order valence-corrected chi connectivity index (χ0v) is 21.7. The number of amides is 2. The number of benzene rings is 2. The number of piperidine rings is 1. The summed E-state index contributed by atoms with van der Waals surface area (Å²) in [4.78, 5) is 39.9. The smallest absolute Gasteiger partial charge is 0.250 e. The second-order valence-electron chi connectivity index (χ2n) is 10.5. The van der Waals surface area contributed by atoms with Crippen LogP contribution >= 0.6 is 0 Å². The molecule has 2 N–H and O–H groups in total. The maximum absolute atomic E-state index is 14.1. The number of hydrogen-bond acceptors (Lipinski definition) is 4. The number of aryl methyl sites for hydroxylation is 1. The Kier molecular flexibility index (Phi) is 7.42. The van der Waals surface area contributed by atoms with Gasteiger partial charge in [-0.3, -0.25) is 14.4 Å². The fourth-order valence-corrected chi connectivity index (χ4v) is 5.60. The second-order valence-corrected chi connectivity index (χ2v) is 10.5. The van der Waals surface area contributed by atoms with E-state index in [9.17, 15) is 14.4 Å². The minimum Gasteiger partial charge on any atom is -0.356 e. The van der Waals surface area contributed by atoms with Crippen LogP contribution in [0.3, 0.4) is 0 Å². The second kappa shape index (κ2) is 10.9. The van der Waals surface area contributed by atoms with Gasteiger partial charge in [-0.1, -0.05) is 36.4 Å². The molecule has 2 heterocycles. The lowest BCUT2D eigenvalue weighted by Gasteiger charge is -2.36. The number of hydrogen-bond donors (Lipinski definition) is 2. The molecule has 1 aliphatic carbocycles. The molecule has 2 aromatic carbocycles. The van der Waals surface area contributed by atoms with Crippen molar-refractivity contribution in [1.82, 2.24) is 20.1 Å². The molecule has 1 unspecified atom stereocenters. The predicted octanol–water partition coefficient (Wildman–Crippen LogP) is 3.10. The molecular weight excluding hydrogens is 464 g/mol. The van der Waals surface area contributed by atoms with Crippen LogP contribution in [0.25, 0.3) is 10.8 Å². The van der Waals surface area contributed by atoms with Gasteiger partial charge in [-0.2, -0.15) is 0 Å². The first-order chi connectivity index (χ1) is 17.9. The van der Waals surface area contributed by atoms with Crippen LogP contribution in [0.1, 0.15) is 48.8 Å². The number of carbonyl (C=O) groups is 2. The summed E-state index contributed by atoms with van der Waals surface area (Å²) in [6, 6.07) is 16.7. The van der Waals surface area contributed by atoms with Gasteiger partial charge >= 0.3 is 0 Å². The van der Waals surface area contributed by atoms with Crippen molar-refractivity contribution in [3.8, 4) is 0 Å². The highest BCUT2D eigenvalue weighted by Gasteiger charge is 2.40. The highest BCUT2D eigenvalue weighted by molar-refractivity contribution is 5.87. The van der Waals surface area contributed by atoms with Gasteiger partial charge in [0.2, 0.25) is 11.8 Å². The lowest BCUT2D eigenvalue weighted by atomic mass is 9.80. The first-order valence-electron chi connectivity index (χ1n) is 13.3. The van der Waals surface area contributed by atoms with Gasteiger partial charge in [-0.05, 0) is 71.7 Å². The molecule has 0 bridgehead atoms. The molecule has 1 aliphatic heterocycles. The average molecular weight is 501 g/mol. The molecule has 37 heavy (non-hydrogen) atoms. The fraction of sp³-hybridized carbons (Fsp3) is 0.433. The lowest BCUT2D eigenvalue weighted by molar-refractivity contribution is -0.138. The Hall–Kier alpha value is -3.45. The number of fused-ring (bicyclic) bond motifs is 1. The Bertz CT molecular complexity index is 1360. The summed E-state index contributed by atoms with van der Waals surface area (Å²) < 4.78 is 1.57. The highest BCUT2D eigenvalue weighted by Crippen LogP contribution is 2.36. The van der Waals surface area contributed by atoms with Crippen molar-refractivity contribution in [3.63, 3.8) is 0 Å². The van der Waals surface area contributed by atoms with Gasteiger partial charge in [-0.25, -0.2) is 0 Å².